The first-order chi connectivity index (χ1) is 9.47. The third-order valence-corrected chi connectivity index (χ3v) is 3.64. The van der Waals surface area contributed by atoms with Gasteiger partial charge in [0.25, 0.3) is 5.91 Å². The predicted octanol–water partition coefficient (Wildman–Crippen LogP) is 4.91. The fourth-order valence-electron chi connectivity index (χ4n) is 1.43. The van der Waals surface area contributed by atoms with Gasteiger partial charge in [0.2, 0.25) is 0 Å². The van der Waals surface area contributed by atoms with Crippen LogP contribution >= 0.6 is 34.5 Å². The van der Waals surface area contributed by atoms with Crippen LogP contribution in [0.5, 0.6) is 5.75 Å². The summed E-state index contributed by atoms with van der Waals surface area (Å²) in [5.74, 6) is -0.660. The zero-order chi connectivity index (χ0) is 14.7. The minimum absolute atomic E-state index is 0.112. The standard InChI is InChI=1S/C12H7Cl2F2NO2S/c13-7-4-6(5-8(14)10(7)19-12(15)16)17-11(18)9-2-1-3-20-9/h1-5,12H,(H,17,18). The van der Waals surface area contributed by atoms with E-state index in [-0.39, 0.29) is 21.7 Å². The van der Waals surface area contributed by atoms with E-state index >= 15 is 0 Å². The first-order valence-electron chi connectivity index (χ1n) is 5.26. The van der Waals surface area contributed by atoms with Crippen molar-refractivity contribution in [1.29, 1.82) is 0 Å². The van der Waals surface area contributed by atoms with Gasteiger partial charge < -0.3 is 10.1 Å². The summed E-state index contributed by atoms with van der Waals surface area (Å²) in [4.78, 5) is 12.3. The Balaban J connectivity index is 2.20. The maximum atomic E-state index is 12.2. The van der Waals surface area contributed by atoms with Gasteiger partial charge in [0.15, 0.2) is 5.75 Å². The van der Waals surface area contributed by atoms with Crippen molar-refractivity contribution in [2.45, 2.75) is 6.61 Å². The van der Waals surface area contributed by atoms with Crippen LogP contribution in [0, 0.1) is 0 Å². The molecule has 0 aliphatic heterocycles. The second-order valence-electron chi connectivity index (χ2n) is 3.58. The van der Waals surface area contributed by atoms with Crippen LogP contribution < -0.4 is 10.1 Å². The Kier molecular flexibility index (Phi) is 4.80. The molecule has 0 atom stereocenters. The van der Waals surface area contributed by atoms with Crippen molar-refractivity contribution in [3.8, 4) is 5.75 Å². The molecule has 0 radical (unpaired) electrons. The average Bonchev–Trinajstić information content (AvgIpc) is 2.87. The van der Waals surface area contributed by atoms with Gasteiger partial charge in [-0.1, -0.05) is 29.3 Å². The van der Waals surface area contributed by atoms with Gasteiger partial charge in [0, 0.05) is 5.69 Å². The Labute approximate surface area is 127 Å². The molecule has 1 N–H and O–H groups in total. The Hall–Kier alpha value is -1.37. The number of hydrogen-bond donors (Lipinski definition) is 1. The molecule has 1 aromatic heterocycles. The normalized spacial score (nSPS) is 10.7. The maximum absolute atomic E-state index is 12.2. The maximum Gasteiger partial charge on any atom is 0.387 e. The van der Waals surface area contributed by atoms with Crippen molar-refractivity contribution in [3.05, 3.63) is 44.6 Å². The number of thiophene rings is 1. The molecule has 0 unspecified atom stereocenters. The highest BCUT2D eigenvalue weighted by molar-refractivity contribution is 7.12. The molecule has 0 saturated heterocycles. The number of alkyl halides is 2. The summed E-state index contributed by atoms with van der Waals surface area (Å²) in [7, 11) is 0. The fourth-order valence-corrected chi connectivity index (χ4v) is 2.63. The van der Waals surface area contributed by atoms with E-state index in [2.05, 4.69) is 10.1 Å². The van der Waals surface area contributed by atoms with E-state index < -0.39 is 6.61 Å². The van der Waals surface area contributed by atoms with Gasteiger partial charge in [-0.15, -0.1) is 11.3 Å². The lowest BCUT2D eigenvalue weighted by Crippen LogP contribution is -2.10. The number of nitrogens with one attached hydrogen (secondary N) is 1. The number of benzene rings is 1. The number of carbonyl (C=O) groups is 1. The summed E-state index contributed by atoms with van der Waals surface area (Å²) in [5.41, 5.74) is 0.292. The van der Waals surface area contributed by atoms with Crippen molar-refractivity contribution in [2.75, 3.05) is 5.32 Å². The van der Waals surface area contributed by atoms with Crippen LogP contribution in [0.25, 0.3) is 0 Å². The monoisotopic (exact) mass is 337 g/mol. The summed E-state index contributed by atoms with van der Waals surface area (Å²) in [5, 5.41) is 4.10. The lowest BCUT2D eigenvalue weighted by Gasteiger charge is -2.11. The molecule has 106 valence electrons. The molecule has 1 amide bonds. The molecule has 1 heterocycles. The molecule has 0 fully saturated rings. The fraction of sp³-hybridized carbons (Fsp3) is 0.0833. The van der Waals surface area contributed by atoms with Crippen LogP contribution in [0.1, 0.15) is 9.67 Å². The Morgan fingerprint density at radius 3 is 2.45 bits per heavy atom. The number of ether oxygens (including phenoxy) is 1. The van der Waals surface area contributed by atoms with E-state index in [1.807, 2.05) is 0 Å². The lowest BCUT2D eigenvalue weighted by molar-refractivity contribution is -0.0497. The van der Waals surface area contributed by atoms with Crippen LogP contribution in [0.3, 0.4) is 0 Å². The molecule has 8 heteroatoms. The molecular formula is C12H7Cl2F2NO2S. The highest BCUT2D eigenvalue weighted by Crippen LogP contribution is 2.37. The quantitative estimate of drug-likeness (QED) is 0.860. The molecule has 0 aliphatic rings. The molecule has 0 saturated carbocycles. The zero-order valence-corrected chi connectivity index (χ0v) is 12.0. The van der Waals surface area contributed by atoms with E-state index in [0.717, 1.165) is 0 Å². The smallest absolute Gasteiger partial charge is 0.387 e. The lowest BCUT2D eigenvalue weighted by atomic mass is 10.3. The van der Waals surface area contributed by atoms with Crippen LogP contribution in [0.15, 0.2) is 29.6 Å². The van der Waals surface area contributed by atoms with E-state index in [0.29, 0.717) is 10.6 Å². The van der Waals surface area contributed by atoms with Crippen LogP contribution in [0.4, 0.5) is 14.5 Å². The highest BCUT2D eigenvalue weighted by atomic mass is 35.5. The Bertz CT molecular complexity index is 597. The SMILES string of the molecule is O=C(Nc1cc(Cl)c(OC(F)F)c(Cl)c1)c1cccs1. The molecule has 2 rings (SSSR count). The van der Waals surface area contributed by atoms with Crippen molar-refractivity contribution < 1.29 is 18.3 Å². The molecule has 3 nitrogen and oxygen atoms in total. The Morgan fingerprint density at radius 1 is 1.30 bits per heavy atom. The van der Waals surface area contributed by atoms with Crippen molar-refractivity contribution in [2.24, 2.45) is 0 Å². The molecule has 0 aliphatic carbocycles. The molecule has 0 spiro atoms. The number of halogens is 4. The minimum atomic E-state index is -3.03. The second kappa shape index (κ2) is 6.39. The molecule has 1 aromatic carbocycles. The summed E-state index contributed by atoms with van der Waals surface area (Å²) in [6.45, 7) is -3.03. The van der Waals surface area contributed by atoms with Crippen molar-refractivity contribution in [1.82, 2.24) is 0 Å². The van der Waals surface area contributed by atoms with E-state index in [1.54, 1.807) is 17.5 Å². The van der Waals surface area contributed by atoms with Crippen molar-refractivity contribution >= 4 is 46.1 Å². The van der Waals surface area contributed by atoms with Crippen LogP contribution in [-0.4, -0.2) is 12.5 Å². The third kappa shape index (κ3) is 3.59. The first-order valence-corrected chi connectivity index (χ1v) is 6.89. The van der Waals surface area contributed by atoms with Gasteiger partial charge in [-0.05, 0) is 23.6 Å². The molecule has 0 bridgehead atoms. The molecular weight excluding hydrogens is 331 g/mol. The van der Waals surface area contributed by atoms with Gasteiger partial charge in [-0.25, -0.2) is 0 Å². The van der Waals surface area contributed by atoms with E-state index in [9.17, 15) is 13.6 Å². The van der Waals surface area contributed by atoms with E-state index in [1.165, 1.54) is 23.5 Å². The number of anilines is 1. The van der Waals surface area contributed by atoms with Crippen LogP contribution in [-0.2, 0) is 0 Å². The summed E-state index contributed by atoms with van der Waals surface area (Å²) in [6, 6.07) is 5.96. The van der Waals surface area contributed by atoms with Crippen molar-refractivity contribution in [3.63, 3.8) is 0 Å². The number of hydrogen-bond acceptors (Lipinski definition) is 3. The van der Waals surface area contributed by atoms with Gasteiger partial charge in [0.05, 0.1) is 14.9 Å². The highest BCUT2D eigenvalue weighted by Gasteiger charge is 2.15. The topological polar surface area (TPSA) is 38.3 Å². The second-order valence-corrected chi connectivity index (χ2v) is 5.34. The number of amides is 1. The Morgan fingerprint density at radius 2 is 1.95 bits per heavy atom. The van der Waals surface area contributed by atoms with Gasteiger partial charge in [-0.2, -0.15) is 8.78 Å². The minimum Gasteiger partial charge on any atom is -0.432 e. The zero-order valence-electron chi connectivity index (χ0n) is 9.70. The van der Waals surface area contributed by atoms with Gasteiger partial charge in [0.1, 0.15) is 0 Å². The molecule has 20 heavy (non-hydrogen) atoms. The number of rotatable bonds is 4. The average molecular weight is 338 g/mol. The molecule has 2 aromatic rings. The number of carbonyl (C=O) groups excluding carboxylic acids is 1. The largest absolute Gasteiger partial charge is 0.432 e. The summed E-state index contributed by atoms with van der Waals surface area (Å²) < 4.78 is 28.5. The van der Waals surface area contributed by atoms with Gasteiger partial charge in [-0.3, -0.25) is 4.79 Å². The summed E-state index contributed by atoms with van der Waals surface area (Å²) >= 11 is 12.9. The summed E-state index contributed by atoms with van der Waals surface area (Å²) in [6.07, 6.45) is 0. The predicted molar refractivity (Wildman–Crippen MR) is 75.4 cm³/mol. The van der Waals surface area contributed by atoms with E-state index in [4.69, 9.17) is 23.2 Å². The first kappa shape index (κ1) is 15.0. The van der Waals surface area contributed by atoms with Crippen LogP contribution in [0.2, 0.25) is 10.0 Å². The third-order valence-electron chi connectivity index (χ3n) is 2.21. The van der Waals surface area contributed by atoms with Gasteiger partial charge >= 0.3 is 6.61 Å².